The van der Waals surface area contributed by atoms with E-state index in [2.05, 4.69) is 61.1 Å². The summed E-state index contributed by atoms with van der Waals surface area (Å²) in [5, 5.41) is 5.63. The summed E-state index contributed by atoms with van der Waals surface area (Å²) in [5.74, 6) is 0. The van der Waals surface area contributed by atoms with E-state index in [1.807, 2.05) is 12.1 Å². The molecule has 4 rings (SSSR count). The van der Waals surface area contributed by atoms with Crippen molar-refractivity contribution in [2.75, 3.05) is 16.3 Å². The molecule has 0 saturated carbocycles. The van der Waals surface area contributed by atoms with Gasteiger partial charge in [-0.05, 0) is 67.8 Å². The highest BCUT2D eigenvalue weighted by molar-refractivity contribution is 7.92. The minimum Gasteiger partial charge on any atom is -0.354 e. The van der Waals surface area contributed by atoms with Crippen molar-refractivity contribution in [2.45, 2.75) is 20.8 Å². The van der Waals surface area contributed by atoms with Gasteiger partial charge in [-0.25, -0.2) is 13.4 Å². The Bertz CT molecular complexity index is 1340. The molecule has 3 aromatic carbocycles. The maximum atomic E-state index is 11.4. The number of hydrogen-bond acceptors (Lipinski definition) is 4. The Morgan fingerprint density at radius 1 is 0.828 bits per heavy atom. The van der Waals surface area contributed by atoms with Gasteiger partial charge in [-0.3, -0.25) is 4.72 Å². The molecule has 1 heterocycles. The van der Waals surface area contributed by atoms with Crippen LogP contribution < -0.4 is 10.0 Å². The van der Waals surface area contributed by atoms with Crippen LogP contribution in [0.5, 0.6) is 0 Å². The molecular weight excluding hydrogens is 382 g/mol. The second-order valence-electron chi connectivity index (χ2n) is 7.49. The van der Waals surface area contributed by atoms with E-state index in [0.29, 0.717) is 5.69 Å². The Morgan fingerprint density at radius 3 is 2.17 bits per heavy atom. The molecular formula is C23H23N3O2S. The summed E-state index contributed by atoms with van der Waals surface area (Å²) >= 11 is 0. The van der Waals surface area contributed by atoms with Crippen LogP contribution in [0.2, 0.25) is 0 Å². The molecule has 0 atom stereocenters. The van der Waals surface area contributed by atoms with Crippen LogP contribution in [-0.4, -0.2) is 19.7 Å². The Kier molecular flexibility index (Phi) is 4.67. The standard InChI is InChI=1S/C23H23N3O2S/c1-14-5-11-19-21(13-14)25-22-16(3)15(2)6-12-20(22)23(19)24-17-7-9-18(10-8-17)26-29(4,27)28/h5-13,26H,1-4H3,(H,24,25). The van der Waals surface area contributed by atoms with Gasteiger partial charge in [0, 0.05) is 22.1 Å². The number of nitrogens with one attached hydrogen (secondary N) is 2. The van der Waals surface area contributed by atoms with Crippen LogP contribution >= 0.6 is 0 Å². The number of aryl methyl sites for hydroxylation is 3. The van der Waals surface area contributed by atoms with Crippen molar-refractivity contribution in [1.29, 1.82) is 0 Å². The quantitative estimate of drug-likeness (QED) is 0.444. The van der Waals surface area contributed by atoms with Gasteiger partial charge in [0.15, 0.2) is 0 Å². The van der Waals surface area contributed by atoms with Crippen molar-refractivity contribution in [3.8, 4) is 0 Å². The maximum absolute atomic E-state index is 11.4. The molecule has 148 valence electrons. The van der Waals surface area contributed by atoms with Crippen molar-refractivity contribution in [3.05, 3.63) is 71.3 Å². The van der Waals surface area contributed by atoms with E-state index in [1.54, 1.807) is 12.1 Å². The third kappa shape index (κ3) is 3.89. The SMILES string of the molecule is Cc1ccc2c(Nc3ccc(NS(C)(=O)=O)cc3)c3ccc(C)c(C)c3nc2c1. The lowest BCUT2D eigenvalue weighted by molar-refractivity contribution is 0.607. The average Bonchev–Trinajstić information content (AvgIpc) is 2.65. The van der Waals surface area contributed by atoms with Crippen molar-refractivity contribution in [2.24, 2.45) is 0 Å². The fourth-order valence-corrected chi connectivity index (χ4v) is 4.04. The van der Waals surface area contributed by atoms with E-state index in [1.165, 1.54) is 11.1 Å². The number of nitrogens with zero attached hydrogens (tertiary/aromatic N) is 1. The van der Waals surface area contributed by atoms with Crippen LogP contribution in [0.1, 0.15) is 16.7 Å². The Balaban J connectivity index is 1.86. The van der Waals surface area contributed by atoms with Crippen LogP contribution in [0.4, 0.5) is 17.1 Å². The average molecular weight is 406 g/mol. The number of fused-ring (bicyclic) bond motifs is 2. The van der Waals surface area contributed by atoms with E-state index in [-0.39, 0.29) is 0 Å². The van der Waals surface area contributed by atoms with Gasteiger partial charge in [0.05, 0.1) is 23.0 Å². The molecule has 0 amide bonds. The van der Waals surface area contributed by atoms with Gasteiger partial charge < -0.3 is 5.32 Å². The van der Waals surface area contributed by atoms with Crippen molar-refractivity contribution in [3.63, 3.8) is 0 Å². The van der Waals surface area contributed by atoms with Crippen molar-refractivity contribution >= 4 is 48.9 Å². The third-order valence-electron chi connectivity index (χ3n) is 5.08. The number of benzene rings is 3. The van der Waals surface area contributed by atoms with E-state index in [9.17, 15) is 8.42 Å². The van der Waals surface area contributed by atoms with Crippen LogP contribution in [0.15, 0.2) is 54.6 Å². The van der Waals surface area contributed by atoms with Gasteiger partial charge in [-0.2, -0.15) is 0 Å². The number of anilines is 3. The van der Waals surface area contributed by atoms with Gasteiger partial charge in [0.2, 0.25) is 10.0 Å². The van der Waals surface area contributed by atoms with Gasteiger partial charge >= 0.3 is 0 Å². The van der Waals surface area contributed by atoms with E-state index in [0.717, 1.165) is 45.0 Å². The Hall–Kier alpha value is -3.12. The van der Waals surface area contributed by atoms with Gasteiger partial charge in [0.25, 0.3) is 0 Å². The van der Waals surface area contributed by atoms with Gasteiger partial charge in [-0.1, -0.05) is 24.3 Å². The normalized spacial score (nSPS) is 11.7. The first kappa shape index (κ1) is 19.2. The van der Waals surface area contributed by atoms with E-state index in [4.69, 9.17) is 4.98 Å². The number of sulfonamides is 1. The molecule has 0 bridgehead atoms. The summed E-state index contributed by atoms with van der Waals surface area (Å²) in [6.45, 7) is 6.26. The first-order chi connectivity index (χ1) is 13.7. The number of rotatable bonds is 4. The second kappa shape index (κ2) is 7.04. The summed E-state index contributed by atoms with van der Waals surface area (Å²) in [7, 11) is -3.30. The van der Waals surface area contributed by atoms with Crippen LogP contribution in [0, 0.1) is 20.8 Å². The predicted octanol–water partition coefficient (Wildman–Crippen LogP) is 5.43. The molecule has 0 aliphatic heterocycles. The molecule has 6 heteroatoms. The highest BCUT2D eigenvalue weighted by atomic mass is 32.2. The predicted molar refractivity (Wildman–Crippen MR) is 122 cm³/mol. The largest absolute Gasteiger partial charge is 0.354 e. The summed E-state index contributed by atoms with van der Waals surface area (Å²) in [4.78, 5) is 4.94. The fraction of sp³-hybridized carbons (Fsp3) is 0.174. The number of hydrogen-bond donors (Lipinski definition) is 2. The van der Waals surface area contributed by atoms with Crippen molar-refractivity contribution < 1.29 is 8.42 Å². The zero-order valence-corrected chi connectivity index (χ0v) is 17.7. The molecule has 4 aromatic rings. The fourth-order valence-electron chi connectivity index (χ4n) is 3.47. The molecule has 0 unspecified atom stereocenters. The molecule has 2 N–H and O–H groups in total. The maximum Gasteiger partial charge on any atom is 0.229 e. The molecule has 0 aliphatic rings. The summed E-state index contributed by atoms with van der Waals surface area (Å²) < 4.78 is 25.3. The Morgan fingerprint density at radius 2 is 1.48 bits per heavy atom. The lowest BCUT2D eigenvalue weighted by Crippen LogP contribution is -2.09. The molecule has 1 aromatic heterocycles. The Labute approximate surface area is 170 Å². The van der Waals surface area contributed by atoms with Crippen LogP contribution in [0.25, 0.3) is 21.8 Å². The van der Waals surface area contributed by atoms with Gasteiger partial charge in [0.1, 0.15) is 0 Å². The number of pyridine rings is 1. The molecule has 0 saturated heterocycles. The van der Waals surface area contributed by atoms with E-state index < -0.39 is 10.0 Å². The molecule has 0 aliphatic carbocycles. The highest BCUT2D eigenvalue weighted by Gasteiger charge is 2.13. The third-order valence-corrected chi connectivity index (χ3v) is 5.69. The first-order valence-corrected chi connectivity index (χ1v) is 11.3. The molecule has 5 nitrogen and oxygen atoms in total. The summed E-state index contributed by atoms with van der Waals surface area (Å²) in [5.41, 5.74) is 7.88. The minimum atomic E-state index is -3.30. The summed E-state index contributed by atoms with van der Waals surface area (Å²) in [6.07, 6.45) is 1.14. The van der Waals surface area contributed by atoms with E-state index >= 15 is 0 Å². The highest BCUT2D eigenvalue weighted by Crippen LogP contribution is 2.35. The van der Waals surface area contributed by atoms with Gasteiger partial charge in [-0.15, -0.1) is 0 Å². The molecule has 29 heavy (non-hydrogen) atoms. The first-order valence-electron chi connectivity index (χ1n) is 9.36. The zero-order valence-electron chi connectivity index (χ0n) is 16.9. The molecule has 0 spiro atoms. The number of aromatic nitrogens is 1. The monoisotopic (exact) mass is 405 g/mol. The molecule has 0 fully saturated rings. The molecule has 0 radical (unpaired) electrons. The van der Waals surface area contributed by atoms with Crippen molar-refractivity contribution in [1.82, 2.24) is 4.98 Å². The zero-order chi connectivity index (χ0) is 20.8. The smallest absolute Gasteiger partial charge is 0.229 e. The minimum absolute atomic E-state index is 0.532. The lowest BCUT2D eigenvalue weighted by Gasteiger charge is -2.16. The second-order valence-corrected chi connectivity index (χ2v) is 9.24. The summed E-state index contributed by atoms with van der Waals surface area (Å²) in [6, 6.07) is 17.7. The van der Waals surface area contributed by atoms with Crippen LogP contribution in [-0.2, 0) is 10.0 Å². The topological polar surface area (TPSA) is 71.1 Å². The van der Waals surface area contributed by atoms with Crippen LogP contribution in [0.3, 0.4) is 0 Å². The lowest BCUT2D eigenvalue weighted by atomic mass is 10.0.